The van der Waals surface area contributed by atoms with Gasteiger partial charge >= 0.3 is 0 Å². The SMILES string of the molecule is c1ccc(-n2c3cc4ccccc4cc3c3c(C4Nc5ccc6oc7ccccc7c6c5O4)cccc32)cc1. The van der Waals surface area contributed by atoms with E-state index in [1.54, 1.807) is 0 Å². The number of hydrogen-bond acceptors (Lipinski definition) is 3. The number of benzene rings is 6. The van der Waals surface area contributed by atoms with Crippen LogP contribution in [-0.4, -0.2) is 4.57 Å². The van der Waals surface area contributed by atoms with Gasteiger partial charge < -0.3 is 19.0 Å². The zero-order chi connectivity index (χ0) is 25.5. The van der Waals surface area contributed by atoms with Gasteiger partial charge in [-0.1, -0.05) is 72.8 Å². The number of ether oxygens (including phenoxy) is 1. The highest BCUT2D eigenvalue weighted by Crippen LogP contribution is 2.48. The number of aromatic nitrogens is 1. The van der Waals surface area contributed by atoms with Crippen molar-refractivity contribution in [3.63, 3.8) is 0 Å². The summed E-state index contributed by atoms with van der Waals surface area (Å²) in [5.74, 6) is 0.844. The van der Waals surface area contributed by atoms with Crippen molar-refractivity contribution in [3.05, 3.63) is 127 Å². The molecule has 3 heterocycles. The molecule has 0 saturated heterocycles. The first-order valence-electron chi connectivity index (χ1n) is 13.2. The van der Waals surface area contributed by atoms with Gasteiger partial charge in [-0.2, -0.15) is 0 Å². The Hall–Kier alpha value is -5.22. The van der Waals surface area contributed by atoms with E-state index in [1.165, 1.54) is 27.1 Å². The van der Waals surface area contributed by atoms with E-state index in [0.717, 1.165) is 50.1 Å². The number of para-hydroxylation sites is 2. The zero-order valence-electron chi connectivity index (χ0n) is 20.9. The molecule has 8 aromatic rings. The van der Waals surface area contributed by atoms with Gasteiger partial charge in [0, 0.05) is 27.4 Å². The van der Waals surface area contributed by atoms with Crippen molar-refractivity contribution in [1.82, 2.24) is 4.57 Å². The number of rotatable bonds is 2. The average Bonchev–Trinajstić information content (AvgIpc) is 3.67. The first-order chi connectivity index (χ1) is 19.3. The molecule has 0 fully saturated rings. The molecule has 0 saturated carbocycles. The fraction of sp³-hybridized carbons (Fsp3) is 0.0286. The average molecular weight is 503 g/mol. The minimum Gasteiger partial charge on any atom is -0.463 e. The Labute approximate surface area is 223 Å². The maximum Gasteiger partial charge on any atom is 0.197 e. The van der Waals surface area contributed by atoms with Crippen LogP contribution in [0.1, 0.15) is 11.8 Å². The summed E-state index contributed by atoms with van der Waals surface area (Å²) in [7, 11) is 0. The largest absolute Gasteiger partial charge is 0.463 e. The summed E-state index contributed by atoms with van der Waals surface area (Å²) in [5, 5.41) is 10.6. The van der Waals surface area contributed by atoms with E-state index in [2.05, 4.69) is 107 Å². The monoisotopic (exact) mass is 502 g/mol. The standard InChI is InChI=1S/C35H22N2O2/c1-2-11-23(12-3-1)37-28-15-8-14-25(32(28)26-19-21-9-4-5-10-22(21)20-29(26)37)35-36-27-17-18-31-33(34(27)39-35)24-13-6-7-16-30(24)38-31/h1-20,35-36H. The Morgan fingerprint density at radius 3 is 2.28 bits per heavy atom. The minimum absolute atomic E-state index is 0.329. The fourth-order valence-corrected chi connectivity index (χ4v) is 6.31. The number of anilines is 1. The van der Waals surface area contributed by atoms with Crippen LogP contribution >= 0.6 is 0 Å². The molecule has 1 atom stereocenters. The van der Waals surface area contributed by atoms with Crippen LogP contribution in [-0.2, 0) is 0 Å². The van der Waals surface area contributed by atoms with Gasteiger partial charge in [0.2, 0.25) is 0 Å². The van der Waals surface area contributed by atoms with Crippen LogP contribution in [0.2, 0.25) is 0 Å². The smallest absolute Gasteiger partial charge is 0.197 e. The molecular formula is C35H22N2O2. The van der Waals surface area contributed by atoms with E-state index in [4.69, 9.17) is 9.15 Å². The van der Waals surface area contributed by atoms with Crippen LogP contribution in [0.15, 0.2) is 126 Å². The molecule has 0 spiro atoms. The molecule has 1 aliphatic rings. The summed E-state index contributed by atoms with van der Waals surface area (Å²) in [6.45, 7) is 0. The molecule has 184 valence electrons. The minimum atomic E-state index is -0.329. The highest BCUT2D eigenvalue weighted by molar-refractivity contribution is 6.15. The van der Waals surface area contributed by atoms with Gasteiger partial charge in [0.25, 0.3) is 0 Å². The lowest BCUT2D eigenvalue weighted by Gasteiger charge is -2.14. The van der Waals surface area contributed by atoms with Gasteiger partial charge in [-0.3, -0.25) is 0 Å². The maximum absolute atomic E-state index is 6.75. The van der Waals surface area contributed by atoms with Crippen molar-refractivity contribution in [2.24, 2.45) is 0 Å². The van der Waals surface area contributed by atoms with E-state index < -0.39 is 0 Å². The second-order valence-electron chi connectivity index (χ2n) is 10.2. The Balaban J connectivity index is 1.31. The van der Waals surface area contributed by atoms with E-state index in [9.17, 15) is 0 Å². The van der Waals surface area contributed by atoms with Crippen molar-refractivity contribution < 1.29 is 9.15 Å². The van der Waals surface area contributed by atoms with Gasteiger partial charge in [0.05, 0.1) is 22.1 Å². The Bertz CT molecular complexity index is 2240. The molecule has 6 aromatic carbocycles. The molecule has 0 amide bonds. The predicted molar refractivity (Wildman–Crippen MR) is 159 cm³/mol. The summed E-state index contributed by atoms with van der Waals surface area (Å²) in [6.07, 6.45) is -0.329. The van der Waals surface area contributed by atoms with Crippen molar-refractivity contribution in [2.75, 3.05) is 5.32 Å². The summed E-state index contributed by atoms with van der Waals surface area (Å²) in [4.78, 5) is 0. The van der Waals surface area contributed by atoms with Gasteiger partial charge in [0.1, 0.15) is 11.2 Å². The number of nitrogens with zero attached hydrogens (tertiary/aromatic N) is 1. The predicted octanol–water partition coefficient (Wildman–Crippen LogP) is 9.34. The maximum atomic E-state index is 6.75. The molecule has 1 N–H and O–H groups in total. The second kappa shape index (κ2) is 7.65. The van der Waals surface area contributed by atoms with Crippen molar-refractivity contribution in [2.45, 2.75) is 6.23 Å². The first-order valence-corrected chi connectivity index (χ1v) is 13.2. The van der Waals surface area contributed by atoms with E-state index in [0.29, 0.717) is 0 Å². The molecule has 0 aliphatic carbocycles. The number of nitrogens with one attached hydrogen (secondary N) is 1. The Morgan fingerprint density at radius 1 is 0.590 bits per heavy atom. The Morgan fingerprint density at radius 2 is 1.38 bits per heavy atom. The van der Waals surface area contributed by atoms with E-state index in [-0.39, 0.29) is 6.23 Å². The lowest BCUT2D eigenvalue weighted by Crippen LogP contribution is -2.10. The fourth-order valence-electron chi connectivity index (χ4n) is 6.31. The van der Waals surface area contributed by atoms with Crippen molar-refractivity contribution in [1.29, 1.82) is 0 Å². The summed E-state index contributed by atoms with van der Waals surface area (Å²) >= 11 is 0. The van der Waals surface area contributed by atoms with Crippen LogP contribution in [0.3, 0.4) is 0 Å². The normalized spacial score (nSPS) is 14.8. The third-order valence-electron chi connectivity index (χ3n) is 8.00. The van der Waals surface area contributed by atoms with Crippen molar-refractivity contribution in [3.8, 4) is 11.4 Å². The van der Waals surface area contributed by atoms with Gasteiger partial charge in [-0.15, -0.1) is 0 Å². The quantitative estimate of drug-likeness (QED) is 0.256. The molecule has 39 heavy (non-hydrogen) atoms. The van der Waals surface area contributed by atoms with Crippen molar-refractivity contribution >= 4 is 60.2 Å². The van der Waals surface area contributed by atoms with Crippen LogP contribution < -0.4 is 10.1 Å². The van der Waals surface area contributed by atoms with E-state index >= 15 is 0 Å². The number of hydrogen-bond donors (Lipinski definition) is 1. The van der Waals surface area contributed by atoms with Crippen LogP contribution in [0.4, 0.5) is 5.69 Å². The molecule has 1 aliphatic heterocycles. The number of fused-ring (bicyclic) bond motifs is 9. The van der Waals surface area contributed by atoms with Crippen LogP contribution in [0, 0.1) is 0 Å². The Kier molecular flexibility index (Phi) is 4.08. The van der Waals surface area contributed by atoms with Gasteiger partial charge in [-0.05, 0) is 59.3 Å². The molecule has 4 nitrogen and oxygen atoms in total. The summed E-state index contributed by atoms with van der Waals surface area (Å²) < 4.78 is 15.2. The lowest BCUT2D eigenvalue weighted by atomic mass is 10.0. The third kappa shape index (κ3) is 2.88. The molecule has 2 aromatic heterocycles. The van der Waals surface area contributed by atoms with Crippen LogP contribution in [0.25, 0.3) is 60.2 Å². The summed E-state index contributed by atoms with van der Waals surface area (Å²) in [6, 6.07) is 42.5. The molecule has 4 heteroatoms. The second-order valence-corrected chi connectivity index (χ2v) is 10.2. The summed E-state index contributed by atoms with van der Waals surface area (Å²) in [5.41, 5.74) is 7.27. The van der Waals surface area contributed by atoms with Crippen LogP contribution in [0.5, 0.6) is 5.75 Å². The first kappa shape index (κ1) is 20.8. The molecule has 1 unspecified atom stereocenters. The molecule has 9 rings (SSSR count). The highest BCUT2D eigenvalue weighted by atomic mass is 16.5. The zero-order valence-corrected chi connectivity index (χ0v) is 20.9. The molecule has 0 radical (unpaired) electrons. The topological polar surface area (TPSA) is 39.3 Å². The number of furan rings is 1. The van der Waals surface area contributed by atoms with Gasteiger partial charge in [-0.25, -0.2) is 0 Å². The molecular weight excluding hydrogens is 480 g/mol. The molecule has 0 bridgehead atoms. The lowest BCUT2D eigenvalue weighted by molar-refractivity contribution is 0.264. The third-order valence-corrected chi connectivity index (χ3v) is 8.00. The van der Waals surface area contributed by atoms with E-state index in [1.807, 2.05) is 24.3 Å². The highest BCUT2D eigenvalue weighted by Gasteiger charge is 2.30. The van der Waals surface area contributed by atoms with Gasteiger partial charge in [0.15, 0.2) is 12.0 Å².